The third-order valence-corrected chi connectivity index (χ3v) is 2.36. The zero-order valence-electron chi connectivity index (χ0n) is 10.9. The van der Waals surface area contributed by atoms with E-state index in [1.165, 1.54) is 12.8 Å². The van der Waals surface area contributed by atoms with Crippen LogP contribution in [0.5, 0.6) is 0 Å². The summed E-state index contributed by atoms with van der Waals surface area (Å²) in [5, 5.41) is 0. The van der Waals surface area contributed by atoms with Crippen LogP contribution < -0.4 is 0 Å². The normalized spacial score (nSPS) is 13.4. The first-order valence-corrected chi connectivity index (χ1v) is 6.40. The van der Waals surface area contributed by atoms with Gasteiger partial charge in [0.05, 0.1) is 12.7 Å². The average molecular weight is 216 g/mol. The molecule has 92 valence electrons. The molecule has 0 aliphatic heterocycles. The van der Waals surface area contributed by atoms with Gasteiger partial charge in [-0.05, 0) is 25.7 Å². The summed E-state index contributed by atoms with van der Waals surface area (Å²) in [6.07, 6.45) is 5.07. The number of hydrogen-bond acceptors (Lipinski definition) is 2. The molecule has 15 heavy (non-hydrogen) atoms. The predicted molar refractivity (Wildman–Crippen MR) is 65.2 cm³/mol. The van der Waals surface area contributed by atoms with Gasteiger partial charge in [-0.15, -0.1) is 0 Å². The molecule has 0 saturated heterocycles. The van der Waals surface area contributed by atoms with Gasteiger partial charge >= 0.3 is 0 Å². The average Bonchev–Trinajstić information content (AvgIpc) is 2.17. The van der Waals surface area contributed by atoms with Crippen LogP contribution in [0.25, 0.3) is 0 Å². The molecule has 0 heterocycles. The fraction of sp³-hybridized carbons (Fsp3) is 1.00. The van der Waals surface area contributed by atoms with E-state index in [4.69, 9.17) is 9.47 Å². The molecule has 0 bridgehead atoms. The van der Waals surface area contributed by atoms with Crippen molar-refractivity contribution in [3.63, 3.8) is 0 Å². The van der Waals surface area contributed by atoms with Crippen molar-refractivity contribution in [2.45, 2.75) is 59.5 Å². The lowest BCUT2D eigenvalue weighted by atomic mass is 10.0. The minimum absolute atomic E-state index is 0.306. The molecule has 0 fully saturated rings. The molecule has 0 amide bonds. The molecule has 1 atom stereocenters. The third-order valence-electron chi connectivity index (χ3n) is 2.36. The van der Waals surface area contributed by atoms with Crippen molar-refractivity contribution in [3.8, 4) is 0 Å². The largest absolute Gasteiger partial charge is 0.379 e. The Morgan fingerprint density at radius 1 is 1.07 bits per heavy atom. The van der Waals surface area contributed by atoms with Crippen LogP contribution in [0, 0.1) is 5.92 Å². The molecule has 0 saturated carbocycles. The second kappa shape index (κ2) is 10.4. The van der Waals surface area contributed by atoms with Gasteiger partial charge in [-0.3, -0.25) is 0 Å². The van der Waals surface area contributed by atoms with Gasteiger partial charge in [0.2, 0.25) is 0 Å². The molecule has 0 spiro atoms. The van der Waals surface area contributed by atoms with E-state index >= 15 is 0 Å². The molecule has 0 radical (unpaired) electrons. The van der Waals surface area contributed by atoms with E-state index in [0.717, 1.165) is 38.6 Å². The van der Waals surface area contributed by atoms with Gasteiger partial charge in [0, 0.05) is 13.2 Å². The van der Waals surface area contributed by atoms with Crippen LogP contribution in [0.2, 0.25) is 0 Å². The summed E-state index contributed by atoms with van der Waals surface area (Å²) >= 11 is 0. The fourth-order valence-corrected chi connectivity index (χ4v) is 1.56. The van der Waals surface area contributed by atoms with E-state index < -0.39 is 0 Å². The van der Waals surface area contributed by atoms with Crippen LogP contribution in [-0.4, -0.2) is 25.9 Å². The van der Waals surface area contributed by atoms with Crippen LogP contribution >= 0.6 is 0 Å². The van der Waals surface area contributed by atoms with Crippen LogP contribution in [-0.2, 0) is 9.47 Å². The molecule has 1 unspecified atom stereocenters. The molecule has 0 rings (SSSR count). The summed E-state index contributed by atoms with van der Waals surface area (Å²) in [6, 6.07) is 0. The van der Waals surface area contributed by atoms with Gasteiger partial charge in [-0.1, -0.05) is 33.6 Å². The third kappa shape index (κ3) is 10.2. The number of ether oxygens (including phenoxy) is 2. The van der Waals surface area contributed by atoms with Gasteiger partial charge in [-0.2, -0.15) is 0 Å². The van der Waals surface area contributed by atoms with Gasteiger partial charge in [-0.25, -0.2) is 0 Å². The smallest absolute Gasteiger partial charge is 0.0808 e. The Morgan fingerprint density at radius 3 is 2.33 bits per heavy atom. The lowest BCUT2D eigenvalue weighted by Gasteiger charge is -2.17. The maximum Gasteiger partial charge on any atom is 0.0808 e. The maximum absolute atomic E-state index is 5.65. The second-order valence-corrected chi connectivity index (χ2v) is 4.48. The van der Waals surface area contributed by atoms with Gasteiger partial charge in [0.25, 0.3) is 0 Å². The minimum Gasteiger partial charge on any atom is -0.379 e. The highest BCUT2D eigenvalue weighted by molar-refractivity contribution is 4.58. The van der Waals surface area contributed by atoms with Crippen molar-refractivity contribution in [1.82, 2.24) is 0 Å². The van der Waals surface area contributed by atoms with Crippen molar-refractivity contribution in [2.24, 2.45) is 5.92 Å². The molecule has 0 N–H and O–H groups in total. The van der Waals surface area contributed by atoms with Gasteiger partial charge in [0.1, 0.15) is 0 Å². The zero-order chi connectivity index (χ0) is 11.5. The fourth-order valence-electron chi connectivity index (χ4n) is 1.56. The van der Waals surface area contributed by atoms with Crippen molar-refractivity contribution >= 4 is 0 Å². The topological polar surface area (TPSA) is 18.5 Å². The molecular weight excluding hydrogens is 188 g/mol. The summed E-state index contributed by atoms with van der Waals surface area (Å²) in [5.74, 6) is 0.795. The molecule has 0 aromatic carbocycles. The molecule has 0 aliphatic rings. The summed E-state index contributed by atoms with van der Waals surface area (Å²) in [7, 11) is 0. The van der Waals surface area contributed by atoms with Gasteiger partial charge < -0.3 is 9.47 Å². The Hall–Kier alpha value is -0.0800. The highest BCUT2D eigenvalue weighted by atomic mass is 16.5. The molecule has 0 aliphatic carbocycles. The summed E-state index contributed by atoms with van der Waals surface area (Å²) in [4.78, 5) is 0. The monoisotopic (exact) mass is 216 g/mol. The summed E-state index contributed by atoms with van der Waals surface area (Å²) < 4.78 is 11.2. The highest BCUT2D eigenvalue weighted by Gasteiger charge is 2.08. The van der Waals surface area contributed by atoms with E-state index in [-0.39, 0.29) is 0 Å². The van der Waals surface area contributed by atoms with Crippen LogP contribution in [0.1, 0.15) is 53.4 Å². The molecule has 2 nitrogen and oxygen atoms in total. The first-order valence-electron chi connectivity index (χ1n) is 6.40. The van der Waals surface area contributed by atoms with E-state index in [0.29, 0.717) is 6.10 Å². The van der Waals surface area contributed by atoms with Crippen molar-refractivity contribution < 1.29 is 9.47 Å². The Morgan fingerprint density at radius 2 is 1.80 bits per heavy atom. The van der Waals surface area contributed by atoms with Crippen LogP contribution in [0.3, 0.4) is 0 Å². The lowest BCUT2D eigenvalue weighted by Crippen LogP contribution is -2.20. The SMILES string of the molecule is CCCOCC(CCCC(C)C)OCC. The molecule has 2 heteroatoms. The minimum atomic E-state index is 0.306. The second-order valence-electron chi connectivity index (χ2n) is 4.48. The standard InChI is InChI=1S/C13H28O2/c1-5-10-14-11-13(15-6-2)9-7-8-12(3)4/h12-13H,5-11H2,1-4H3. The van der Waals surface area contributed by atoms with Crippen molar-refractivity contribution in [3.05, 3.63) is 0 Å². The first kappa shape index (κ1) is 14.9. The van der Waals surface area contributed by atoms with E-state index in [1.807, 2.05) is 0 Å². The lowest BCUT2D eigenvalue weighted by molar-refractivity contribution is -0.0167. The summed E-state index contributed by atoms with van der Waals surface area (Å²) in [5.41, 5.74) is 0. The van der Waals surface area contributed by atoms with Crippen molar-refractivity contribution in [2.75, 3.05) is 19.8 Å². The maximum atomic E-state index is 5.65. The Bertz CT molecular complexity index is 124. The van der Waals surface area contributed by atoms with E-state index in [2.05, 4.69) is 27.7 Å². The quantitative estimate of drug-likeness (QED) is 0.519. The Labute approximate surface area is 95.3 Å². The molecular formula is C13H28O2. The van der Waals surface area contributed by atoms with Crippen molar-refractivity contribution in [1.29, 1.82) is 0 Å². The van der Waals surface area contributed by atoms with E-state index in [1.54, 1.807) is 0 Å². The Balaban J connectivity index is 3.53. The van der Waals surface area contributed by atoms with E-state index in [9.17, 15) is 0 Å². The van der Waals surface area contributed by atoms with Crippen LogP contribution in [0.4, 0.5) is 0 Å². The number of rotatable bonds is 10. The highest BCUT2D eigenvalue weighted by Crippen LogP contribution is 2.11. The predicted octanol–water partition coefficient (Wildman–Crippen LogP) is 3.64. The zero-order valence-corrected chi connectivity index (χ0v) is 10.9. The summed E-state index contributed by atoms with van der Waals surface area (Å²) in [6.45, 7) is 11.1. The first-order chi connectivity index (χ1) is 7.20. The van der Waals surface area contributed by atoms with Gasteiger partial charge in [0.15, 0.2) is 0 Å². The molecule has 0 aromatic rings. The molecule has 0 aromatic heterocycles. The number of hydrogen-bond donors (Lipinski definition) is 0. The Kier molecular flexibility index (Phi) is 10.4. The van der Waals surface area contributed by atoms with Crippen LogP contribution in [0.15, 0.2) is 0 Å².